The molecule has 0 unspecified atom stereocenters. The number of carbonyl (C=O) groups excluding carboxylic acids is 2. The predicted molar refractivity (Wildman–Crippen MR) is 120 cm³/mol. The molecular weight excluding hydrogens is 388 g/mol. The number of ether oxygens (including phenoxy) is 1. The molecule has 2 aromatic carbocycles. The van der Waals surface area contributed by atoms with Gasteiger partial charge in [-0.05, 0) is 62.6 Å². The first kappa shape index (κ1) is 21.6. The predicted octanol–water partition coefficient (Wildman–Crippen LogP) is 4.62. The quantitative estimate of drug-likeness (QED) is 0.785. The van der Waals surface area contributed by atoms with Gasteiger partial charge in [-0.3, -0.25) is 14.5 Å². The van der Waals surface area contributed by atoms with Gasteiger partial charge >= 0.3 is 0 Å². The number of rotatable bonds is 4. The van der Waals surface area contributed by atoms with Crippen molar-refractivity contribution in [2.24, 2.45) is 5.92 Å². The fraction of sp³-hybridized carbons (Fsp3) is 0.462. The maximum atomic E-state index is 13.8. The Bertz CT molecular complexity index is 935. The number of hydrogen-bond donors (Lipinski definition) is 1. The molecule has 31 heavy (non-hydrogen) atoms. The summed E-state index contributed by atoms with van der Waals surface area (Å²) in [5, 5.41) is 3.11. The van der Waals surface area contributed by atoms with Crippen LogP contribution in [0.25, 0.3) is 0 Å². The minimum atomic E-state index is -0.691. The molecule has 2 fully saturated rings. The number of benzene rings is 2. The Labute approximate surface area is 184 Å². The summed E-state index contributed by atoms with van der Waals surface area (Å²) in [6.07, 6.45) is 3.52. The number of aryl methyl sites for hydroxylation is 1. The molecule has 0 aromatic heterocycles. The first-order valence-corrected chi connectivity index (χ1v) is 11.3. The lowest BCUT2D eigenvalue weighted by molar-refractivity contribution is -0.128. The molecule has 1 spiro atoms. The lowest BCUT2D eigenvalue weighted by atomic mass is 9.83. The van der Waals surface area contributed by atoms with Gasteiger partial charge in [0, 0.05) is 5.56 Å². The molecular formula is C26H32N2O3. The third-order valence-electron chi connectivity index (χ3n) is 6.87. The normalized spacial score (nSPS) is 26.6. The maximum Gasteiger partial charge on any atom is 0.257 e. The van der Waals surface area contributed by atoms with Gasteiger partial charge in [0.15, 0.2) is 0 Å². The van der Waals surface area contributed by atoms with Crippen LogP contribution in [0.3, 0.4) is 0 Å². The van der Waals surface area contributed by atoms with Crippen LogP contribution in [-0.4, -0.2) is 35.1 Å². The first-order valence-electron chi connectivity index (χ1n) is 11.3. The third-order valence-corrected chi connectivity index (χ3v) is 6.87. The fourth-order valence-electron chi connectivity index (χ4n) is 4.86. The van der Waals surface area contributed by atoms with Crippen molar-refractivity contribution in [1.82, 2.24) is 10.2 Å². The van der Waals surface area contributed by atoms with E-state index in [-0.39, 0.29) is 24.5 Å². The van der Waals surface area contributed by atoms with Crippen molar-refractivity contribution in [2.75, 3.05) is 6.61 Å². The zero-order valence-electron chi connectivity index (χ0n) is 18.6. The Morgan fingerprint density at radius 1 is 1.06 bits per heavy atom. The molecule has 2 aliphatic rings. The highest BCUT2D eigenvalue weighted by Gasteiger charge is 2.53. The summed E-state index contributed by atoms with van der Waals surface area (Å²) >= 11 is 0. The molecule has 1 saturated heterocycles. The second-order valence-electron chi connectivity index (χ2n) is 9.09. The molecule has 5 heteroatoms. The summed E-state index contributed by atoms with van der Waals surface area (Å²) in [5.74, 6) is 0.335. The average molecular weight is 421 g/mol. The summed E-state index contributed by atoms with van der Waals surface area (Å²) in [5.41, 5.74) is 1.90. The van der Waals surface area contributed by atoms with E-state index in [0.29, 0.717) is 11.5 Å². The Morgan fingerprint density at radius 3 is 2.39 bits per heavy atom. The summed E-state index contributed by atoms with van der Waals surface area (Å²) in [6.45, 7) is 6.38. The van der Waals surface area contributed by atoms with Gasteiger partial charge in [0.2, 0.25) is 5.91 Å². The standard InChI is InChI=1S/C26H32N2O3/c1-18-13-15-26(16-14-18)28(25(30)22-12-8-7-9-19(22)2)23(17-31-26)24(29)27-20(3)21-10-5-4-6-11-21/h4-12,18,20,23H,13-17H2,1-3H3,(H,27,29)/t18?,20-,23+,26?/m0/s1. The highest BCUT2D eigenvalue weighted by Crippen LogP contribution is 2.43. The Morgan fingerprint density at radius 2 is 1.71 bits per heavy atom. The molecule has 164 valence electrons. The number of nitrogens with zero attached hydrogens (tertiary/aromatic N) is 1. The summed E-state index contributed by atoms with van der Waals surface area (Å²) in [7, 11) is 0. The molecule has 0 bridgehead atoms. The Kier molecular flexibility index (Phi) is 6.15. The van der Waals surface area contributed by atoms with Crippen LogP contribution in [0, 0.1) is 12.8 Å². The monoisotopic (exact) mass is 420 g/mol. The SMILES string of the molecule is Cc1ccccc1C(=O)N1[C@@H](C(=O)N[C@@H](C)c2ccccc2)COC12CCC(C)CC2. The number of carbonyl (C=O) groups is 2. The van der Waals surface area contributed by atoms with Crippen LogP contribution < -0.4 is 5.32 Å². The molecule has 1 heterocycles. The molecule has 2 atom stereocenters. The van der Waals surface area contributed by atoms with E-state index >= 15 is 0 Å². The van der Waals surface area contributed by atoms with Gasteiger partial charge in [-0.2, -0.15) is 0 Å². The maximum absolute atomic E-state index is 13.8. The lowest BCUT2D eigenvalue weighted by Crippen LogP contribution is -2.57. The van der Waals surface area contributed by atoms with Crippen molar-refractivity contribution < 1.29 is 14.3 Å². The van der Waals surface area contributed by atoms with E-state index in [9.17, 15) is 9.59 Å². The van der Waals surface area contributed by atoms with Crippen LogP contribution in [0.5, 0.6) is 0 Å². The molecule has 5 nitrogen and oxygen atoms in total. The van der Waals surface area contributed by atoms with Crippen LogP contribution in [0.15, 0.2) is 54.6 Å². The topological polar surface area (TPSA) is 58.6 Å². The van der Waals surface area contributed by atoms with Gasteiger partial charge in [-0.1, -0.05) is 55.5 Å². The van der Waals surface area contributed by atoms with Gasteiger partial charge in [0.05, 0.1) is 12.6 Å². The molecule has 1 aliphatic carbocycles. The van der Waals surface area contributed by atoms with E-state index < -0.39 is 11.8 Å². The first-order chi connectivity index (χ1) is 14.9. The summed E-state index contributed by atoms with van der Waals surface area (Å²) in [4.78, 5) is 28.9. The van der Waals surface area contributed by atoms with E-state index in [1.54, 1.807) is 4.90 Å². The Hall–Kier alpha value is -2.66. The van der Waals surface area contributed by atoms with Crippen molar-refractivity contribution >= 4 is 11.8 Å². The smallest absolute Gasteiger partial charge is 0.257 e. The summed E-state index contributed by atoms with van der Waals surface area (Å²) in [6, 6.07) is 16.7. The van der Waals surface area contributed by atoms with E-state index in [1.807, 2.05) is 68.4 Å². The van der Waals surface area contributed by atoms with Crippen molar-refractivity contribution in [3.05, 3.63) is 71.3 Å². The second kappa shape index (κ2) is 8.83. The van der Waals surface area contributed by atoms with Gasteiger partial charge in [-0.25, -0.2) is 0 Å². The van der Waals surface area contributed by atoms with Crippen molar-refractivity contribution in [3.8, 4) is 0 Å². The van der Waals surface area contributed by atoms with Crippen molar-refractivity contribution in [2.45, 2.75) is 64.3 Å². The molecule has 4 rings (SSSR count). The summed E-state index contributed by atoms with van der Waals surface area (Å²) < 4.78 is 6.29. The molecule has 0 radical (unpaired) electrons. The van der Waals surface area contributed by atoms with E-state index in [1.165, 1.54) is 0 Å². The van der Waals surface area contributed by atoms with Crippen molar-refractivity contribution in [3.63, 3.8) is 0 Å². The highest BCUT2D eigenvalue weighted by molar-refractivity contribution is 5.99. The van der Waals surface area contributed by atoms with Crippen LogP contribution in [-0.2, 0) is 9.53 Å². The van der Waals surface area contributed by atoms with Crippen LogP contribution in [0.2, 0.25) is 0 Å². The third kappa shape index (κ3) is 4.24. The van der Waals surface area contributed by atoms with Gasteiger partial charge in [0.1, 0.15) is 11.8 Å². The number of hydrogen-bond acceptors (Lipinski definition) is 3. The largest absolute Gasteiger partial charge is 0.353 e. The number of amides is 2. The van der Waals surface area contributed by atoms with Gasteiger partial charge in [-0.15, -0.1) is 0 Å². The minimum absolute atomic E-state index is 0.113. The molecule has 2 aromatic rings. The molecule has 1 N–H and O–H groups in total. The van der Waals surface area contributed by atoms with E-state index in [4.69, 9.17) is 4.74 Å². The fourth-order valence-corrected chi connectivity index (χ4v) is 4.86. The highest BCUT2D eigenvalue weighted by atomic mass is 16.5. The molecule has 1 aliphatic heterocycles. The van der Waals surface area contributed by atoms with E-state index in [2.05, 4.69) is 12.2 Å². The van der Waals surface area contributed by atoms with Gasteiger partial charge in [0.25, 0.3) is 5.91 Å². The minimum Gasteiger partial charge on any atom is -0.353 e. The Balaban J connectivity index is 1.62. The molecule has 2 amide bonds. The van der Waals surface area contributed by atoms with Crippen LogP contribution in [0.1, 0.15) is 67.1 Å². The molecule has 1 saturated carbocycles. The lowest BCUT2D eigenvalue weighted by Gasteiger charge is -2.43. The van der Waals surface area contributed by atoms with Crippen LogP contribution in [0.4, 0.5) is 0 Å². The number of nitrogens with one attached hydrogen (secondary N) is 1. The second-order valence-corrected chi connectivity index (χ2v) is 9.09. The zero-order chi connectivity index (χ0) is 22.0. The average Bonchev–Trinajstić information content (AvgIpc) is 3.15. The van der Waals surface area contributed by atoms with E-state index in [0.717, 1.165) is 36.8 Å². The van der Waals surface area contributed by atoms with Crippen LogP contribution >= 0.6 is 0 Å². The van der Waals surface area contributed by atoms with Gasteiger partial charge < -0.3 is 10.1 Å². The van der Waals surface area contributed by atoms with Crippen molar-refractivity contribution in [1.29, 1.82) is 0 Å². The zero-order valence-corrected chi connectivity index (χ0v) is 18.6.